The molecule has 0 radical (unpaired) electrons. The molecule has 184 valence electrons. The number of hydrogen-bond donors (Lipinski definition) is 0. The molecule has 34 heavy (non-hydrogen) atoms. The maximum Gasteiger partial charge on any atom is 0.296 e. The zero-order chi connectivity index (χ0) is 24.7. The quantitative estimate of drug-likeness (QED) is 0.370. The van der Waals surface area contributed by atoms with Crippen molar-refractivity contribution in [3.05, 3.63) is 70.8 Å². The van der Waals surface area contributed by atoms with Gasteiger partial charge < -0.3 is 0 Å². The van der Waals surface area contributed by atoms with E-state index in [9.17, 15) is 16.8 Å². The van der Waals surface area contributed by atoms with Gasteiger partial charge in [0.25, 0.3) is 20.2 Å². The van der Waals surface area contributed by atoms with Crippen molar-refractivity contribution in [2.75, 3.05) is 13.2 Å². The summed E-state index contributed by atoms with van der Waals surface area (Å²) in [7, 11) is -7.82. The Hall–Kier alpha value is -2.00. The minimum absolute atomic E-state index is 0.00671. The zero-order valence-electron chi connectivity index (χ0n) is 20.0. The van der Waals surface area contributed by atoms with Gasteiger partial charge >= 0.3 is 0 Å². The average molecular weight is 505 g/mol. The summed E-state index contributed by atoms with van der Waals surface area (Å²) in [6.07, 6.45) is 1.90. The van der Waals surface area contributed by atoms with Crippen LogP contribution in [0.5, 0.6) is 0 Å². The second kappa shape index (κ2) is 9.57. The second-order valence-electron chi connectivity index (χ2n) is 9.68. The Morgan fingerprint density at radius 3 is 1.38 bits per heavy atom. The monoisotopic (exact) mass is 504 g/mol. The van der Waals surface area contributed by atoms with Crippen LogP contribution in [0.4, 0.5) is 0 Å². The highest BCUT2D eigenvalue weighted by molar-refractivity contribution is 7.87. The number of hydrogen-bond acceptors (Lipinski definition) is 6. The van der Waals surface area contributed by atoms with Gasteiger partial charge in [-0.3, -0.25) is 8.37 Å². The lowest BCUT2D eigenvalue weighted by atomic mass is 9.80. The molecule has 2 bridgehead atoms. The molecule has 0 spiro atoms. The molecule has 2 saturated carbocycles. The van der Waals surface area contributed by atoms with E-state index >= 15 is 0 Å². The van der Waals surface area contributed by atoms with Crippen LogP contribution in [0.2, 0.25) is 0 Å². The Balaban J connectivity index is 1.53. The first-order valence-corrected chi connectivity index (χ1v) is 14.4. The molecule has 4 atom stereocenters. The number of rotatable bonds is 8. The Bertz CT molecular complexity index is 1180. The fourth-order valence-electron chi connectivity index (χ4n) is 5.53. The van der Waals surface area contributed by atoms with Crippen molar-refractivity contribution in [2.45, 2.75) is 50.3 Å². The van der Waals surface area contributed by atoms with Crippen LogP contribution in [0.1, 0.15) is 37.8 Å². The Labute approximate surface area is 203 Å². The molecule has 0 heterocycles. The summed E-state index contributed by atoms with van der Waals surface area (Å²) >= 11 is 0. The predicted molar refractivity (Wildman–Crippen MR) is 130 cm³/mol. The summed E-state index contributed by atoms with van der Waals surface area (Å²) in [6, 6.07) is 13.1. The van der Waals surface area contributed by atoms with Crippen molar-refractivity contribution in [2.24, 2.45) is 23.7 Å². The fraction of sp³-hybridized carbons (Fsp3) is 0.462. The van der Waals surface area contributed by atoms with Gasteiger partial charge in [0.15, 0.2) is 0 Å². The molecule has 4 rings (SSSR count). The van der Waals surface area contributed by atoms with Gasteiger partial charge in [0.1, 0.15) is 0 Å². The third-order valence-electron chi connectivity index (χ3n) is 7.20. The van der Waals surface area contributed by atoms with E-state index < -0.39 is 20.2 Å². The molecule has 0 aromatic heterocycles. The normalized spacial score (nSPS) is 24.5. The highest BCUT2D eigenvalue weighted by atomic mass is 32.2. The lowest BCUT2D eigenvalue weighted by molar-refractivity contribution is 0.101. The number of benzene rings is 2. The van der Waals surface area contributed by atoms with E-state index in [0.717, 1.165) is 24.0 Å². The smallest absolute Gasteiger partial charge is 0.266 e. The molecule has 2 aliphatic rings. The van der Waals surface area contributed by atoms with Crippen molar-refractivity contribution in [1.29, 1.82) is 0 Å². The number of allylic oxidation sites excluding steroid dienone is 2. The van der Waals surface area contributed by atoms with Crippen LogP contribution < -0.4 is 0 Å². The molecule has 0 unspecified atom stereocenters. The summed E-state index contributed by atoms with van der Waals surface area (Å²) in [5.74, 6) is 0.104. The molecule has 2 aliphatic carbocycles. The van der Waals surface area contributed by atoms with E-state index in [1.165, 1.54) is 11.1 Å². The van der Waals surface area contributed by atoms with Crippen molar-refractivity contribution >= 4 is 20.2 Å². The van der Waals surface area contributed by atoms with Crippen molar-refractivity contribution in [1.82, 2.24) is 0 Å². The maximum atomic E-state index is 12.8. The van der Waals surface area contributed by atoms with Gasteiger partial charge in [-0.25, -0.2) is 0 Å². The topological polar surface area (TPSA) is 86.7 Å². The van der Waals surface area contributed by atoms with E-state index in [2.05, 4.69) is 13.8 Å². The molecule has 0 aliphatic heterocycles. The summed E-state index contributed by atoms with van der Waals surface area (Å²) in [6.45, 7) is 7.92. The minimum atomic E-state index is -3.91. The van der Waals surface area contributed by atoms with E-state index in [4.69, 9.17) is 8.37 Å². The zero-order valence-corrected chi connectivity index (χ0v) is 21.7. The van der Waals surface area contributed by atoms with Crippen LogP contribution in [-0.4, -0.2) is 30.0 Å². The molecule has 8 heteroatoms. The molecule has 0 N–H and O–H groups in total. The molecular formula is C26H32O6S2. The summed E-state index contributed by atoms with van der Waals surface area (Å²) in [5.41, 5.74) is 4.45. The molecule has 2 aromatic rings. The summed E-state index contributed by atoms with van der Waals surface area (Å²) in [4.78, 5) is 0.247. The largest absolute Gasteiger partial charge is 0.296 e. The minimum Gasteiger partial charge on any atom is -0.266 e. The highest BCUT2D eigenvalue weighted by Gasteiger charge is 2.52. The first-order valence-electron chi connectivity index (χ1n) is 11.6. The predicted octanol–water partition coefficient (Wildman–Crippen LogP) is 5.02. The lowest BCUT2D eigenvalue weighted by Crippen LogP contribution is -2.31. The van der Waals surface area contributed by atoms with E-state index in [1.54, 1.807) is 48.5 Å². The molecular weight excluding hydrogens is 472 g/mol. The number of aryl methyl sites for hydroxylation is 2. The van der Waals surface area contributed by atoms with E-state index in [0.29, 0.717) is 0 Å². The van der Waals surface area contributed by atoms with Crippen LogP contribution in [0, 0.1) is 37.5 Å². The van der Waals surface area contributed by atoms with Crippen LogP contribution >= 0.6 is 0 Å². The van der Waals surface area contributed by atoms with Crippen LogP contribution in [0.3, 0.4) is 0 Å². The van der Waals surface area contributed by atoms with Crippen molar-refractivity contribution in [3.8, 4) is 0 Å². The van der Waals surface area contributed by atoms with Crippen molar-refractivity contribution < 1.29 is 25.2 Å². The number of fused-ring (bicyclic) bond motifs is 2. The van der Waals surface area contributed by atoms with Crippen molar-refractivity contribution in [3.63, 3.8) is 0 Å². The van der Waals surface area contributed by atoms with Gasteiger partial charge in [0, 0.05) is 0 Å². The standard InChI is InChI=1S/C26H32O6S2/c1-17(2)26-22-13-14-23(26)25(16-32-34(29,30)21-11-7-19(4)8-12-21)24(22)15-31-33(27,28)20-9-5-18(3)6-10-20/h5-12,22-25H,13-16H2,1-4H3/t22-,23-,24+,25+/m0/s1. The fourth-order valence-corrected chi connectivity index (χ4v) is 7.42. The molecule has 0 saturated heterocycles. The van der Waals surface area contributed by atoms with Gasteiger partial charge in [0.05, 0.1) is 23.0 Å². The highest BCUT2D eigenvalue weighted by Crippen LogP contribution is 2.57. The van der Waals surface area contributed by atoms with Gasteiger partial charge in [0.2, 0.25) is 0 Å². The second-order valence-corrected chi connectivity index (χ2v) is 12.9. The molecule has 2 fully saturated rings. The summed E-state index contributed by atoms with van der Waals surface area (Å²) in [5, 5.41) is 0. The Morgan fingerprint density at radius 2 is 1.06 bits per heavy atom. The van der Waals surface area contributed by atoms with Crippen LogP contribution in [0.25, 0.3) is 0 Å². The van der Waals surface area contributed by atoms with Gasteiger partial charge in [-0.2, -0.15) is 16.8 Å². The van der Waals surface area contributed by atoms with Crippen LogP contribution in [0.15, 0.2) is 69.5 Å². The van der Waals surface area contributed by atoms with E-state index in [1.807, 2.05) is 13.8 Å². The Kier molecular flexibility index (Phi) is 7.06. The third-order valence-corrected chi connectivity index (χ3v) is 9.79. The van der Waals surface area contributed by atoms with Gasteiger partial charge in [-0.15, -0.1) is 0 Å². The molecule has 0 amide bonds. The Morgan fingerprint density at radius 1 is 0.706 bits per heavy atom. The maximum absolute atomic E-state index is 12.8. The van der Waals surface area contributed by atoms with E-state index in [-0.39, 0.29) is 46.7 Å². The van der Waals surface area contributed by atoms with Crippen LogP contribution in [-0.2, 0) is 28.6 Å². The lowest BCUT2D eigenvalue weighted by Gasteiger charge is -2.29. The summed E-state index contributed by atoms with van der Waals surface area (Å²) < 4.78 is 62.2. The first-order chi connectivity index (χ1) is 16.0. The first kappa shape index (κ1) is 25.1. The van der Waals surface area contributed by atoms with Gasteiger partial charge in [-0.05, 0) is 88.5 Å². The van der Waals surface area contributed by atoms with Gasteiger partial charge in [-0.1, -0.05) is 46.5 Å². The third kappa shape index (κ3) is 5.00. The molecule has 2 aromatic carbocycles. The average Bonchev–Trinajstić information content (AvgIpc) is 3.34. The molecule has 6 nitrogen and oxygen atoms in total. The SMILES string of the molecule is CC(C)=C1[C@H]2CC[C@H]1[C@@H](COS(=O)(=O)c1ccc(C)cc1)[C@@H]2COS(=O)(=O)c1ccc(C)cc1.